The van der Waals surface area contributed by atoms with Crippen molar-refractivity contribution in [1.29, 1.82) is 0 Å². The van der Waals surface area contributed by atoms with Crippen LogP contribution in [-0.4, -0.2) is 27.1 Å². The molecule has 0 radical (unpaired) electrons. The lowest BCUT2D eigenvalue weighted by Gasteiger charge is -2.18. The molecule has 0 saturated heterocycles. The van der Waals surface area contributed by atoms with E-state index in [9.17, 15) is 17.6 Å². The van der Waals surface area contributed by atoms with Gasteiger partial charge in [-0.15, -0.1) is 0 Å². The molecule has 0 aliphatic carbocycles. The Hall–Kier alpha value is -3.59. The highest BCUT2D eigenvalue weighted by atomic mass is 32.2. The van der Waals surface area contributed by atoms with E-state index >= 15 is 0 Å². The summed E-state index contributed by atoms with van der Waals surface area (Å²) >= 11 is 0. The molecule has 1 heterocycles. The molecule has 0 amide bonds. The normalized spacial score (nSPS) is 11.1. The number of aromatic nitrogens is 1. The van der Waals surface area contributed by atoms with Crippen LogP contribution in [0.2, 0.25) is 0 Å². The molecule has 0 atom stereocenters. The third-order valence-corrected chi connectivity index (χ3v) is 5.54. The van der Waals surface area contributed by atoms with Gasteiger partial charge >= 0.3 is 0 Å². The number of pyridine rings is 1. The third kappa shape index (κ3) is 5.13. The first-order valence-electron chi connectivity index (χ1n) is 9.30. The van der Waals surface area contributed by atoms with E-state index in [-0.39, 0.29) is 11.4 Å². The number of nitrogens with zero attached hydrogens (tertiary/aromatic N) is 2. The third-order valence-electron chi connectivity index (χ3n) is 4.58. The van der Waals surface area contributed by atoms with Crippen molar-refractivity contribution in [3.05, 3.63) is 82.9 Å². The maximum Gasteiger partial charge on any atom is 0.273 e. The van der Waals surface area contributed by atoms with Gasteiger partial charge in [0.25, 0.3) is 15.6 Å². The second kappa shape index (κ2) is 8.65. The number of aryl methyl sites for hydroxylation is 1. The predicted octanol–water partition coefficient (Wildman–Crippen LogP) is 3.89. The molecule has 3 rings (SSSR count). The minimum Gasteiger partial charge on any atom is -0.373 e. The van der Waals surface area contributed by atoms with Crippen molar-refractivity contribution in [2.24, 2.45) is 7.05 Å². The molecular weight excluding hydrogens is 419 g/mol. The Labute approximate surface area is 180 Å². The van der Waals surface area contributed by atoms with Crippen LogP contribution in [0.25, 0.3) is 11.1 Å². The molecule has 2 aromatic carbocycles. The molecule has 0 fully saturated rings. The fraction of sp³-hybridized carbons (Fsp3) is 0.136. The fourth-order valence-electron chi connectivity index (χ4n) is 3.01. The van der Waals surface area contributed by atoms with Gasteiger partial charge in [-0.1, -0.05) is 6.58 Å². The summed E-state index contributed by atoms with van der Waals surface area (Å²) in [6.45, 7) is 3.30. The quantitative estimate of drug-likeness (QED) is 0.580. The lowest BCUT2D eigenvalue weighted by atomic mass is 10.0. The van der Waals surface area contributed by atoms with Gasteiger partial charge in [-0.25, -0.2) is 12.8 Å². The zero-order chi connectivity index (χ0) is 22.8. The molecule has 0 aliphatic heterocycles. The maximum absolute atomic E-state index is 13.3. The average Bonchev–Trinajstić information content (AvgIpc) is 2.72. The molecule has 0 saturated carbocycles. The summed E-state index contributed by atoms with van der Waals surface area (Å²) in [6.07, 6.45) is 1.67. The summed E-state index contributed by atoms with van der Waals surface area (Å²) in [5.41, 5.74) is 3.29. The van der Waals surface area contributed by atoms with E-state index in [1.807, 2.05) is 0 Å². The smallest absolute Gasteiger partial charge is 0.273 e. The zero-order valence-electron chi connectivity index (χ0n) is 17.4. The Morgan fingerprint density at radius 3 is 2.32 bits per heavy atom. The number of hydrogen-bond acceptors (Lipinski definition) is 5. The van der Waals surface area contributed by atoms with Crippen molar-refractivity contribution in [3.8, 4) is 11.1 Å². The van der Waals surface area contributed by atoms with E-state index in [0.717, 1.165) is 5.41 Å². The molecule has 0 aliphatic rings. The molecule has 1 aromatic heterocycles. The highest BCUT2D eigenvalue weighted by Gasteiger charge is 2.14. The highest BCUT2D eigenvalue weighted by molar-refractivity contribution is 7.95. The van der Waals surface area contributed by atoms with Crippen LogP contribution in [0.1, 0.15) is 0 Å². The SMILES string of the molecule is C=CS(=O)(=O)Nc1ccc(Nc2ccc(F)cc2)c(-c2cc(N(C)C)c(=O)n(C)c2)c1. The molecule has 2 N–H and O–H groups in total. The van der Waals surface area contributed by atoms with Crippen LogP contribution in [0.4, 0.5) is 27.1 Å². The fourth-order valence-corrected chi connectivity index (χ4v) is 3.55. The molecule has 162 valence electrons. The Morgan fingerprint density at radius 2 is 1.71 bits per heavy atom. The number of anilines is 4. The summed E-state index contributed by atoms with van der Waals surface area (Å²) in [6, 6.07) is 12.6. The van der Waals surface area contributed by atoms with E-state index in [1.54, 1.807) is 68.6 Å². The summed E-state index contributed by atoms with van der Waals surface area (Å²) in [5.74, 6) is -0.353. The van der Waals surface area contributed by atoms with E-state index < -0.39 is 10.0 Å². The van der Waals surface area contributed by atoms with Crippen molar-refractivity contribution in [1.82, 2.24) is 4.57 Å². The first kappa shape index (κ1) is 22.1. The number of nitrogens with one attached hydrogen (secondary N) is 2. The number of benzene rings is 2. The Balaban J connectivity index is 2.17. The Kier molecular flexibility index (Phi) is 6.16. The Morgan fingerprint density at radius 1 is 1.06 bits per heavy atom. The molecule has 3 aromatic rings. The topological polar surface area (TPSA) is 83.4 Å². The van der Waals surface area contributed by atoms with Crippen molar-refractivity contribution in [3.63, 3.8) is 0 Å². The van der Waals surface area contributed by atoms with Gasteiger partial charge in [0, 0.05) is 60.9 Å². The van der Waals surface area contributed by atoms with Crippen LogP contribution < -0.4 is 20.5 Å². The number of rotatable bonds is 7. The lowest BCUT2D eigenvalue weighted by molar-refractivity contribution is 0.609. The van der Waals surface area contributed by atoms with Gasteiger partial charge in [-0.05, 0) is 48.5 Å². The van der Waals surface area contributed by atoms with E-state index in [2.05, 4.69) is 16.6 Å². The van der Waals surface area contributed by atoms with Crippen molar-refractivity contribution >= 4 is 32.8 Å². The van der Waals surface area contributed by atoms with Crippen LogP contribution in [0.15, 0.2) is 71.5 Å². The van der Waals surface area contributed by atoms with Gasteiger partial charge in [0.1, 0.15) is 11.5 Å². The van der Waals surface area contributed by atoms with E-state index in [1.165, 1.54) is 16.7 Å². The largest absolute Gasteiger partial charge is 0.373 e. The minimum atomic E-state index is -3.70. The van der Waals surface area contributed by atoms with Crippen molar-refractivity contribution < 1.29 is 12.8 Å². The van der Waals surface area contributed by atoms with Crippen LogP contribution >= 0.6 is 0 Å². The van der Waals surface area contributed by atoms with Gasteiger partial charge in [-0.2, -0.15) is 0 Å². The van der Waals surface area contributed by atoms with Gasteiger partial charge < -0.3 is 14.8 Å². The molecule has 0 spiro atoms. The second-order valence-electron chi connectivity index (χ2n) is 7.13. The summed E-state index contributed by atoms with van der Waals surface area (Å²) in [5, 5.41) is 4.05. The van der Waals surface area contributed by atoms with Crippen LogP contribution in [0, 0.1) is 5.82 Å². The van der Waals surface area contributed by atoms with E-state index in [0.29, 0.717) is 33.9 Å². The van der Waals surface area contributed by atoms with Gasteiger partial charge in [0.2, 0.25) is 0 Å². The monoisotopic (exact) mass is 442 g/mol. The number of halogens is 1. The van der Waals surface area contributed by atoms with E-state index in [4.69, 9.17) is 0 Å². The summed E-state index contributed by atoms with van der Waals surface area (Å²) < 4.78 is 41.0. The minimum absolute atomic E-state index is 0.162. The standard InChI is InChI=1S/C22H23FN4O3S/c1-5-31(29,30)25-18-10-11-20(24-17-8-6-16(23)7-9-17)19(13-18)15-12-21(26(2)3)22(28)27(4)14-15/h5-14,24-25H,1H2,2-4H3. The first-order chi connectivity index (χ1) is 14.6. The maximum atomic E-state index is 13.3. The lowest BCUT2D eigenvalue weighted by Crippen LogP contribution is -2.25. The zero-order valence-corrected chi connectivity index (χ0v) is 18.2. The van der Waals surface area contributed by atoms with Crippen molar-refractivity contribution in [2.45, 2.75) is 0 Å². The van der Waals surface area contributed by atoms with Gasteiger partial charge in [-0.3, -0.25) is 9.52 Å². The van der Waals surface area contributed by atoms with Crippen LogP contribution in [0.5, 0.6) is 0 Å². The molecule has 0 bridgehead atoms. The summed E-state index contributed by atoms with van der Waals surface area (Å²) in [4.78, 5) is 14.2. The van der Waals surface area contributed by atoms with Crippen LogP contribution in [0.3, 0.4) is 0 Å². The molecule has 31 heavy (non-hydrogen) atoms. The second-order valence-corrected chi connectivity index (χ2v) is 8.76. The molecule has 7 nitrogen and oxygen atoms in total. The van der Waals surface area contributed by atoms with Crippen LogP contribution in [-0.2, 0) is 17.1 Å². The first-order valence-corrected chi connectivity index (χ1v) is 10.8. The molecular formula is C22H23FN4O3S. The predicted molar refractivity (Wildman–Crippen MR) is 124 cm³/mol. The van der Waals surface area contributed by atoms with Gasteiger partial charge in [0.15, 0.2) is 0 Å². The Bertz CT molecular complexity index is 1280. The van der Waals surface area contributed by atoms with Crippen molar-refractivity contribution in [2.75, 3.05) is 29.0 Å². The highest BCUT2D eigenvalue weighted by Crippen LogP contribution is 2.34. The summed E-state index contributed by atoms with van der Waals surface area (Å²) in [7, 11) is 1.49. The van der Waals surface area contributed by atoms with Gasteiger partial charge in [0.05, 0.1) is 0 Å². The number of sulfonamides is 1. The molecule has 0 unspecified atom stereocenters. The number of hydrogen-bond donors (Lipinski definition) is 2. The average molecular weight is 443 g/mol. The molecule has 9 heteroatoms.